The Labute approximate surface area is 146 Å². The molecule has 3 heterocycles. The minimum Gasteiger partial charge on any atom is -0.369 e. The maximum atomic E-state index is 6.12. The van der Waals surface area contributed by atoms with Crippen molar-refractivity contribution in [3.8, 4) is 0 Å². The maximum Gasteiger partial charge on any atom is 0.190 e. The maximum absolute atomic E-state index is 6.12. The topological polar surface area (TPSA) is 38.2 Å². The highest BCUT2D eigenvalue weighted by Gasteiger charge is 2.33. The fourth-order valence-electron chi connectivity index (χ4n) is 3.10. The molecule has 1 atom stereocenters. The van der Waals surface area contributed by atoms with E-state index in [9.17, 15) is 0 Å². The second kappa shape index (κ2) is 6.57. The summed E-state index contributed by atoms with van der Waals surface area (Å²) < 4.78 is 6.12. The van der Waals surface area contributed by atoms with Crippen LogP contribution < -0.4 is 4.90 Å². The van der Waals surface area contributed by atoms with Gasteiger partial charge < -0.3 is 9.64 Å². The summed E-state index contributed by atoms with van der Waals surface area (Å²) in [5.41, 5.74) is 1.34. The monoisotopic (exact) mass is 351 g/mol. The fourth-order valence-corrected chi connectivity index (χ4v) is 4.62. The Bertz CT molecular complexity index is 711. The lowest BCUT2D eigenvalue weighted by Gasteiger charge is -2.33. The van der Waals surface area contributed by atoms with Crippen LogP contribution in [-0.2, 0) is 17.8 Å². The zero-order valence-corrected chi connectivity index (χ0v) is 16.2. The van der Waals surface area contributed by atoms with Gasteiger partial charge in [-0.25, -0.2) is 9.97 Å². The minimum absolute atomic E-state index is 0.0697. The predicted molar refractivity (Wildman–Crippen MR) is 99.9 cm³/mol. The van der Waals surface area contributed by atoms with Gasteiger partial charge in [-0.3, -0.25) is 0 Å². The molecule has 0 saturated heterocycles. The van der Waals surface area contributed by atoms with Crippen LogP contribution in [0.15, 0.2) is 5.16 Å². The number of thioether (sulfide) groups is 1. The van der Waals surface area contributed by atoms with E-state index in [2.05, 4.69) is 32.6 Å². The Balaban J connectivity index is 2.23. The molecule has 0 spiro atoms. The van der Waals surface area contributed by atoms with Gasteiger partial charge in [0.25, 0.3) is 0 Å². The van der Waals surface area contributed by atoms with E-state index < -0.39 is 0 Å². The van der Waals surface area contributed by atoms with Crippen LogP contribution in [0.5, 0.6) is 0 Å². The van der Waals surface area contributed by atoms with Gasteiger partial charge in [0.15, 0.2) is 5.16 Å². The average Bonchev–Trinajstić information content (AvgIpc) is 2.93. The van der Waals surface area contributed by atoms with Crippen LogP contribution in [0.1, 0.15) is 44.6 Å². The number of fused-ring (bicyclic) bond motifs is 3. The minimum atomic E-state index is -0.0697. The molecule has 1 aliphatic heterocycles. The quantitative estimate of drug-likeness (QED) is 0.586. The Hall–Kier alpha value is -0.850. The van der Waals surface area contributed by atoms with Gasteiger partial charge >= 0.3 is 0 Å². The van der Waals surface area contributed by atoms with Gasteiger partial charge in [0, 0.05) is 24.4 Å². The summed E-state index contributed by atoms with van der Waals surface area (Å²) in [6, 6.07) is 0. The van der Waals surface area contributed by atoms with Crippen LogP contribution in [-0.4, -0.2) is 34.9 Å². The third kappa shape index (κ3) is 2.96. The van der Waals surface area contributed by atoms with Crippen molar-refractivity contribution in [1.29, 1.82) is 0 Å². The van der Waals surface area contributed by atoms with E-state index in [0.717, 1.165) is 41.7 Å². The Kier molecular flexibility index (Phi) is 4.85. The van der Waals surface area contributed by atoms with Gasteiger partial charge in [-0.05, 0) is 39.0 Å². The molecule has 2 aromatic heterocycles. The number of aromatic nitrogens is 2. The third-order valence-electron chi connectivity index (χ3n) is 4.79. The molecule has 6 heteroatoms. The van der Waals surface area contributed by atoms with E-state index in [0.29, 0.717) is 6.61 Å². The van der Waals surface area contributed by atoms with E-state index in [1.54, 1.807) is 23.1 Å². The first-order valence-electron chi connectivity index (χ1n) is 8.30. The van der Waals surface area contributed by atoms with Gasteiger partial charge in [-0.1, -0.05) is 18.7 Å². The van der Waals surface area contributed by atoms with Crippen molar-refractivity contribution in [2.75, 3.05) is 24.2 Å². The van der Waals surface area contributed by atoms with Crippen molar-refractivity contribution >= 4 is 39.1 Å². The smallest absolute Gasteiger partial charge is 0.190 e. The number of hydrogen-bond donors (Lipinski definition) is 0. The van der Waals surface area contributed by atoms with Crippen molar-refractivity contribution in [3.63, 3.8) is 0 Å². The summed E-state index contributed by atoms with van der Waals surface area (Å²) in [6.45, 7) is 11.4. The molecule has 0 saturated carbocycles. The van der Waals surface area contributed by atoms with Gasteiger partial charge in [-0.15, -0.1) is 11.3 Å². The normalized spacial score (nSPS) is 20.7. The van der Waals surface area contributed by atoms with Crippen LogP contribution in [0.3, 0.4) is 0 Å². The van der Waals surface area contributed by atoms with Gasteiger partial charge in [0.05, 0.1) is 17.6 Å². The molecule has 0 radical (unpaired) electrons. The van der Waals surface area contributed by atoms with Crippen LogP contribution in [0.25, 0.3) is 10.2 Å². The lowest BCUT2D eigenvalue weighted by molar-refractivity contribution is -0.0542. The molecule has 0 fully saturated rings. The van der Waals surface area contributed by atoms with Crippen LogP contribution in [0.4, 0.5) is 5.82 Å². The van der Waals surface area contributed by atoms with Crippen LogP contribution in [0, 0.1) is 0 Å². The van der Waals surface area contributed by atoms with E-state index in [1.165, 1.54) is 15.8 Å². The molecule has 0 unspecified atom stereocenters. The highest BCUT2D eigenvalue weighted by Crippen LogP contribution is 2.43. The highest BCUT2D eigenvalue weighted by molar-refractivity contribution is 7.98. The lowest BCUT2D eigenvalue weighted by atomic mass is 9.90. The summed E-state index contributed by atoms with van der Waals surface area (Å²) >= 11 is 3.39. The first-order valence-corrected chi connectivity index (χ1v) is 10.3. The van der Waals surface area contributed by atoms with Crippen molar-refractivity contribution in [2.24, 2.45) is 0 Å². The molecule has 0 amide bonds. The number of nitrogens with zero attached hydrogens (tertiary/aromatic N) is 3. The summed E-state index contributed by atoms with van der Waals surface area (Å²) in [6.07, 6.45) is 4.02. The molecular weight excluding hydrogens is 326 g/mol. The molecule has 4 nitrogen and oxygen atoms in total. The summed E-state index contributed by atoms with van der Waals surface area (Å²) in [5.74, 6) is 1.10. The average molecular weight is 352 g/mol. The number of ether oxygens (including phenoxy) is 1. The van der Waals surface area contributed by atoms with Crippen LogP contribution in [0.2, 0.25) is 0 Å². The molecule has 23 heavy (non-hydrogen) atoms. The fraction of sp³-hybridized carbons (Fsp3) is 0.647. The zero-order chi connectivity index (χ0) is 16.6. The number of anilines is 1. The number of rotatable bonds is 5. The van der Waals surface area contributed by atoms with E-state index in [4.69, 9.17) is 14.7 Å². The van der Waals surface area contributed by atoms with Crippen molar-refractivity contribution in [2.45, 2.75) is 57.9 Å². The number of thiophene rings is 1. The molecule has 0 bridgehead atoms. The molecule has 3 rings (SSSR count). The van der Waals surface area contributed by atoms with E-state index in [1.807, 2.05) is 6.26 Å². The number of hydrogen-bond acceptors (Lipinski definition) is 6. The van der Waals surface area contributed by atoms with E-state index in [-0.39, 0.29) is 5.60 Å². The first-order chi connectivity index (χ1) is 11.0. The molecule has 0 N–H and O–H groups in total. The summed E-state index contributed by atoms with van der Waals surface area (Å²) in [7, 11) is 0. The molecular formula is C17H25N3OS2. The predicted octanol–water partition coefficient (Wildman–Crippen LogP) is 4.50. The summed E-state index contributed by atoms with van der Waals surface area (Å²) in [5, 5.41) is 2.12. The first kappa shape index (κ1) is 17.0. The SMILES string of the molecule is CCN(CC)c1nc(SC)nc2sc3c(c12)C[C@@](C)(CC)OC3. The molecule has 0 aliphatic carbocycles. The largest absolute Gasteiger partial charge is 0.369 e. The highest BCUT2D eigenvalue weighted by atomic mass is 32.2. The lowest BCUT2D eigenvalue weighted by Crippen LogP contribution is -2.34. The van der Waals surface area contributed by atoms with Gasteiger partial charge in [0.2, 0.25) is 0 Å². The van der Waals surface area contributed by atoms with Crippen molar-refractivity contribution in [1.82, 2.24) is 9.97 Å². The Morgan fingerprint density at radius 3 is 2.61 bits per heavy atom. The second-order valence-electron chi connectivity index (χ2n) is 6.16. The molecule has 126 valence electrons. The Morgan fingerprint density at radius 1 is 1.26 bits per heavy atom. The third-order valence-corrected chi connectivity index (χ3v) is 6.44. The van der Waals surface area contributed by atoms with E-state index >= 15 is 0 Å². The molecule has 2 aromatic rings. The summed E-state index contributed by atoms with van der Waals surface area (Å²) in [4.78, 5) is 14.4. The standard InChI is InChI=1S/C17H25N3OS2/c1-6-17(4)9-11-12(10-21-17)23-15-13(11)14(20(7-2)8-3)18-16(19-15)22-5/h6-10H2,1-5H3/t17-/m1/s1. The van der Waals surface area contributed by atoms with Gasteiger partial charge in [0.1, 0.15) is 10.6 Å². The Morgan fingerprint density at radius 2 is 2.00 bits per heavy atom. The molecule has 1 aliphatic rings. The molecule has 0 aromatic carbocycles. The second-order valence-corrected chi connectivity index (χ2v) is 8.02. The zero-order valence-electron chi connectivity index (χ0n) is 14.6. The van der Waals surface area contributed by atoms with Crippen molar-refractivity contribution in [3.05, 3.63) is 10.4 Å². The van der Waals surface area contributed by atoms with Gasteiger partial charge in [-0.2, -0.15) is 0 Å². The van der Waals surface area contributed by atoms with Crippen LogP contribution >= 0.6 is 23.1 Å². The van der Waals surface area contributed by atoms with Crippen molar-refractivity contribution < 1.29 is 4.74 Å².